The summed E-state index contributed by atoms with van der Waals surface area (Å²) in [6.07, 6.45) is -0.281. The molecule has 2 atom stereocenters. The number of carbonyl (C=O) groups excluding carboxylic acids is 1. The Morgan fingerprint density at radius 1 is 1.13 bits per heavy atom. The van der Waals surface area contributed by atoms with Gasteiger partial charge in [-0.3, -0.25) is 4.79 Å². The molecule has 5 rings (SSSR count). The van der Waals surface area contributed by atoms with Gasteiger partial charge in [-0.25, -0.2) is 8.42 Å². The SMILES string of the molecule is COC(=O)[C@H](C)[C@H](c1ccc2c(c1)OC1(CC2)CCN(S(=O)(=O)c2cc(C(F)(F)F)ccc2Cl)CC1)C1CC1. The van der Waals surface area contributed by atoms with E-state index in [-0.39, 0.29) is 35.9 Å². The molecular formula is C28H31ClF3NO5S. The number of sulfonamides is 1. The van der Waals surface area contributed by atoms with E-state index in [1.807, 2.05) is 19.1 Å². The molecule has 0 radical (unpaired) electrons. The zero-order valence-corrected chi connectivity index (χ0v) is 23.3. The molecule has 0 bridgehead atoms. The first kappa shape index (κ1) is 28.2. The van der Waals surface area contributed by atoms with Crippen molar-refractivity contribution in [1.29, 1.82) is 0 Å². The third-order valence-electron chi connectivity index (χ3n) is 8.40. The molecule has 1 aliphatic carbocycles. The summed E-state index contributed by atoms with van der Waals surface area (Å²) in [4.78, 5) is 11.8. The van der Waals surface area contributed by atoms with E-state index in [1.54, 1.807) is 0 Å². The summed E-state index contributed by atoms with van der Waals surface area (Å²) < 4.78 is 79.0. The first-order valence-corrected chi connectivity index (χ1v) is 14.9. The second kappa shape index (κ2) is 10.3. The molecule has 2 aromatic rings. The molecule has 2 aromatic carbocycles. The summed E-state index contributed by atoms with van der Waals surface area (Å²) >= 11 is 6.04. The van der Waals surface area contributed by atoms with Gasteiger partial charge in [-0.15, -0.1) is 0 Å². The Kier molecular flexibility index (Phi) is 7.43. The number of aryl methyl sites for hydroxylation is 1. The van der Waals surface area contributed by atoms with Crippen LogP contribution in [0.1, 0.15) is 61.6 Å². The summed E-state index contributed by atoms with van der Waals surface area (Å²) in [7, 11) is -2.83. The van der Waals surface area contributed by atoms with Gasteiger partial charge in [0, 0.05) is 25.9 Å². The second-order valence-corrected chi connectivity index (χ2v) is 13.2. The number of methoxy groups -OCH3 is 1. The number of ether oxygens (including phenoxy) is 2. The smallest absolute Gasteiger partial charge is 0.416 e. The molecular weight excluding hydrogens is 555 g/mol. The highest BCUT2D eigenvalue weighted by Gasteiger charge is 2.44. The maximum atomic E-state index is 13.3. The number of piperidine rings is 1. The number of carbonyl (C=O) groups is 1. The third kappa shape index (κ3) is 5.52. The molecule has 11 heteroatoms. The summed E-state index contributed by atoms with van der Waals surface area (Å²) in [5.41, 5.74) is 0.465. The van der Waals surface area contributed by atoms with Crippen molar-refractivity contribution < 1.29 is 35.9 Å². The fraction of sp³-hybridized carbons (Fsp3) is 0.536. The lowest BCUT2D eigenvalue weighted by molar-refractivity contribution is -0.145. The molecule has 1 spiro atoms. The van der Waals surface area contributed by atoms with Gasteiger partial charge >= 0.3 is 12.1 Å². The second-order valence-electron chi connectivity index (χ2n) is 10.9. The third-order valence-corrected chi connectivity index (χ3v) is 10.8. The first-order chi connectivity index (χ1) is 18.3. The molecule has 0 aromatic heterocycles. The zero-order chi connectivity index (χ0) is 28.2. The Morgan fingerprint density at radius 2 is 1.82 bits per heavy atom. The van der Waals surface area contributed by atoms with Crippen LogP contribution in [0.3, 0.4) is 0 Å². The van der Waals surface area contributed by atoms with Crippen molar-refractivity contribution in [2.24, 2.45) is 11.8 Å². The normalized spacial score (nSPS) is 21.1. The van der Waals surface area contributed by atoms with Gasteiger partial charge in [-0.05, 0) is 72.9 Å². The van der Waals surface area contributed by atoms with E-state index in [9.17, 15) is 26.4 Å². The average molecular weight is 586 g/mol. The highest BCUT2D eigenvalue weighted by molar-refractivity contribution is 7.89. The zero-order valence-electron chi connectivity index (χ0n) is 21.8. The summed E-state index contributed by atoms with van der Waals surface area (Å²) in [6, 6.07) is 8.47. The van der Waals surface area contributed by atoms with E-state index in [1.165, 1.54) is 11.4 Å². The molecule has 3 aliphatic rings. The Balaban J connectivity index is 1.33. The Hall–Kier alpha value is -2.30. The minimum atomic E-state index is -4.68. The molecule has 2 heterocycles. The van der Waals surface area contributed by atoms with Gasteiger partial charge in [0.05, 0.1) is 23.6 Å². The van der Waals surface area contributed by atoms with Crippen LogP contribution in [0.15, 0.2) is 41.3 Å². The van der Waals surface area contributed by atoms with E-state index in [0.717, 1.165) is 48.3 Å². The monoisotopic (exact) mass is 585 g/mol. The van der Waals surface area contributed by atoms with Crippen molar-refractivity contribution in [3.05, 3.63) is 58.1 Å². The minimum Gasteiger partial charge on any atom is -0.487 e. The first-order valence-electron chi connectivity index (χ1n) is 13.1. The van der Waals surface area contributed by atoms with Crippen molar-refractivity contribution in [3.8, 4) is 5.75 Å². The van der Waals surface area contributed by atoms with Crippen LogP contribution in [0.4, 0.5) is 13.2 Å². The fourth-order valence-corrected chi connectivity index (χ4v) is 7.93. The predicted octanol–water partition coefficient (Wildman–Crippen LogP) is 6.21. The Labute approximate surface area is 231 Å². The highest BCUT2D eigenvalue weighted by Crippen LogP contribution is 2.49. The average Bonchev–Trinajstić information content (AvgIpc) is 3.73. The number of alkyl halides is 3. The number of nitrogens with zero attached hydrogens (tertiary/aromatic N) is 1. The number of rotatable bonds is 6. The van der Waals surface area contributed by atoms with Crippen molar-refractivity contribution in [2.75, 3.05) is 20.2 Å². The predicted molar refractivity (Wildman–Crippen MR) is 139 cm³/mol. The van der Waals surface area contributed by atoms with Crippen LogP contribution in [-0.4, -0.2) is 44.5 Å². The fourth-order valence-electron chi connectivity index (χ4n) is 5.99. The van der Waals surface area contributed by atoms with Crippen LogP contribution in [0.25, 0.3) is 0 Å². The molecule has 1 saturated carbocycles. The van der Waals surface area contributed by atoms with E-state index in [2.05, 4.69) is 6.07 Å². The molecule has 0 amide bonds. The van der Waals surface area contributed by atoms with Crippen LogP contribution in [0, 0.1) is 11.8 Å². The summed E-state index contributed by atoms with van der Waals surface area (Å²) in [6.45, 7) is 2.10. The van der Waals surface area contributed by atoms with Gasteiger partial charge in [0.1, 0.15) is 16.2 Å². The summed E-state index contributed by atoms with van der Waals surface area (Å²) in [5, 5.41) is -0.245. The summed E-state index contributed by atoms with van der Waals surface area (Å²) in [5.74, 6) is 0.684. The Morgan fingerprint density at radius 3 is 2.44 bits per heavy atom. The van der Waals surface area contributed by atoms with Gasteiger partial charge < -0.3 is 9.47 Å². The lowest BCUT2D eigenvalue weighted by Crippen LogP contribution is -2.51. The van der Waals surface area contributed by atoms with E-state index < -0.39 is 32.3 Å². The van der Waals surface area contributed by atoms with Crippen LogP contribution < -0.4 is 4.74 Å². The van der Waals surface area contributed by atoms with Crippen LogP contribution >= 0.6 is 11.6 Å². The highest BCUT2D eigenvalue weighted by atomic mass is 35.5. The number of hydrogen-bond donors (Lipinski definition) is 0. The standard InChI is InChI=1S/C28H31ClF3NO5S/c1-17(26(34)37-2)25(19-4-5-19)20-6-3-18-9-10-27(38-23(18)15-20)11-13-33(14-12-27)39(35,36)24-16-21(28(30,31)32)7-8-22(24)29/h3,6-8,15-17,19,25H,4-5,9-14H2,1-2H3/t17-,25+/m1/s1. The van der Waals surface area contributed by atoms with Crippen LogP contribution in [0.2, 0.25) is 5.02 Å². The number of fused-ring (bicyclic) bond motifs is 1. The molecule has 2 aliphatic heterocycles. The number of halogens is 4. The quantitative estimate of drug-likeness (QED) is 0.377. The van der Waals surface area contributed by atoms with E-state index in [4.69, 9.17) is 21.1 Å². The van der Waals surface area contributed by atoms with Gasteiger partial charge in [0.2, 0.25) is 10.0 Å². The number of benzene rings is 2. The number of esters is 1. The van der Waals surface area contributed by atoms with Crippen LogP contribution in [-0.2, 0) is 32.2 Å². The van der Waals surface area contributed by atoms with Crippen molar-refractivity contribution in [2.45, 2.75) is 68.0 Å². The van der Waals surface area contributed by atoms with Crippen molar-refractivity contribution >= 4 is 27.6 Å². The lowest BCUT2D eigenvalue weighted by Gasteiger charge is -2.44. The molecule has 212 valence electrons. The topological polar surface area (TPSA) is 72.9 Å². The van der Waals surface area contributed by atoms with Crippen LogP contribution in [0.5, 0.6) is 5.75 Å². The van der Waals surface area contributed by atoms with E-state index in [0.29, 0.717) is 31.2 Å². The largest absolute Gasteiger partial charge is 0.487 e. The molecule has 0 unspecified atom stereocenters. The molecule has 2 fully saturated rings. The van der Waals surface area contributed by atoms with E-state index >= 15 is 0 Å². The molecule has 39 heavy (non-hydrogen) atoms. The van der Waals surface area contributed by atoms with Gasteiger partial charge in [-0.1, -0.05) is 30.7 Å². The van der Waals surface area contributed by atoms with Crippen molar-refractivity contribution in [1.82, 2.24) is 4.31 Å². The van der Waals surface area contributed by atoms with Gasteiger partial charge in [0.15, 0.2) is 0 Å². The molecule has 1 saturated heterocycles. The lowest BCUT2D eigenvalue weighted by atomic mass is 9.80. The van der Waals surface area contributed by atoms with Gasteiger partial charge in [0.25, 0.3) is 0 Å². The minimum absolute atomic E-state index is 0.0356. The maximum absolute atomic E-state index is 13.3. The molecule has 0 N–H and O–H groups in total. The Bertz CT molecular complexity index is 1370. The number of hydrogen-bond acceptors (Lipinski definition) is 5. The maximum Gasteiger partial charge on any atom is 0.416 e. The van der Waals surface area contributed by atoms with Crippen molar-refractivity contribution in [3.63, 3.8) is 0 Å². The van der Waals surface area contributed by atoms with Gasteiger partial charge in [-0.2, -0.15) is 17.5 Å². The molecule has 6 nitrogen and oxygen atoms in total.